The van der Waals surface area contributed by atoms with Crippen LogP contribution in [-0.4, -0.2) is 25.1 Å². The van der Waals surface area contributed by atoms with E-state index in [4.69, 9.17) is 9.47 Å². The van der Waals surface area contributed by atoms with Crippen LogP contribution in [0, 0.1) is 5.82 Å². The van der Waals surface area contributed by atoms with Gasteiger partial charge >= 0.3 is 0 Å². The Morgan fingerprint density at radius 1 is 1.03 bits per heavy atom. The molecule has 0 atom stereocenters. The molecule has 0 fully saturated rings. The van der Waals surface area contributed by atoms with E-state index in [1.165, 1.54) is 26.3 Å². The first-order valence-corrected chi connectivity index (χ1v) is 9.71. The highest BCUT2D eigenvalue weighted by molar-refractivity contribution is 5.96. The lowest BCUT2D eigenvalue weighted by atomic mass is 10.2. The van der Waals surface area contributed by atoms with Crippen LogP contribution in [0.3, 0.4) is 0 Å². The number of hydrogen-bond acceptors (Lipinski definition) is 5. The van der Waals surface area contributed by atoms with Gasteiger partial charge in [-0.1, -0.05) is 18.2 Å². The number of carbonyl (C=O) groups is 2. The number of nitrogens with one attached hydrogen (secondary N) is 2. The van der Waals surface area contributed by atoms with Crippen molar-refractivity contribution in [2.24, 2.45) is 5.10 Å². The van der Waals surface area contributed by atoms with Crippen LogP contribution in [-0.2, 0) is 11.4 Å². The van der Waals surface area contributed by atoms with E-state index in [2.05, 4.69) is 15.8 Å². The Labute approximate surface area is 184 Å². The van der Waals surface area contributed by atoms with Crippen LogP contribution in [0.25, 0.3) is 0 Å². The lowest BCUT2D eigenvalue weighted by Crippen LogP contribution is -2.17. The second-order valence-corrected chi connectivity index (χ2v) is 6.75. The normalized spacial score (nSPS) is 10.6. The zero-order chi connectivity index (χ0) is 22.9. The van der Waals surface area contributed by atoms with Crippen molar-refractivity contribution >= 4 is 23.7 Å². The molecule has 164 valence electrons. The molecule has 0 spiro atoms. The summed E-state index contributed by atoms with van der Waals surface area (Å²) in [5.74, 6) is -0.0181. The summed E-state index contributed by atoms with van der Waals surface area (Å²) in [5, 5.41) is 6.59. The predicted molar refractivity (Wildman–Crippen MR) is 120 cm³/mol. The molecule has 0 radical (unpaired) electrons. The summed E-state index contributed by atoms with van der Waals surface area (Å²) in [6.45, 7) is 1.47. The molecule has 0 aliphatic heterocycles. The fraction of sp³-hybridized carbons (Fsp3) is 0.125. The minimum absolute atomic E-state index is 0.0628. The van der Waals surface area contributed by atoms with Crippen LogP contribution in [0.1, 0.15) is 28.4 Å². The van der Waals surface area contributed by atoms with E-state index in [9.17, 15) is 14.0 Å². The highest BCUT2D eigenvalue weighted by atomic mass is 19.1. The number of carbonyl (C=O) groups excluding carboxylic acids is 2. The minimum atomic E-state index is -0.396. The predicted octanol–water partition coefficient (Wildman–Crippen LogP) is 4.14. The molecular formula is C24H22FN3O4. The van der Waals surface area contributed by atoms with E-state index in [1.807, 2.05) is 0 Å². The number of ether oxygens (including phenoxy) is 2. The third kappa shape index (κ3) is 6.15. The summed E-state index contributed by atoms with van der Waals surface area (Å²) in [7, 11) is 1.50. The van der Waals surface area contributed by atoms with E-state index in [1.54, 1.807) is 60.7 Å². The lowest BCUT2D eigenvalue weighted by molar-refractivity contribution is -0.114. The average molecular weight is 435 g/mol. The number of methoxy groups -OCH3 is 1. The van der Waals surface area contributed by atoms with Crippen LogP contribution >= 0.6 is 0 Å². The Hall–Kier alpha value is -4.20. The Kier molecular flexibility index (Phi) is 7.53. The van der Waals surface area contributed by atoms with Crippen LogP contribution in [0.4, 0.5) is 10.1 Å². The number of benzene rings is 3. The standard InChI is InChI=1S/C24H22FN3O4/c1-16(29)27-20-10-8-18(9-11-20)24(30)28-26-14-17-7-12-22(23(13-17)31-2)32-15-19-5-3-4-6-21(19)25/h3-14H,15H2,1-2H3,(H,27,29)(H,28,30)/b26-14-. The van der Waals surface area contributed by atoms with Gasteiger partial charge in [-0.2, -0.15) is 5.10 Å². The molecule has 0 saturated heterocycles. The van der Waals surface area contributed by atoms with Gasteiger partial charge in [-0.05, 0) is 54.1 Å². The largest absolute Gasteiger partial charge is 0.493 e. The van der Waals surface area contributed by atoms with Gasteiger partial charge in [-0.15, -0.1) is 0 Å². The number of anilines is 1. The average Bonchev–Trinajstić information content (AvgIpc) is 2.79. The third-order valence-corrected chi connectivity index (χ3v) is 4.38. The molecule has 0 unspecified atom stereocenters. The summed E-state index contributed by atoms with van der Waals surface area (Å²) < 4.78 is 24.8. The summed E-state index contributed by atoms with van der Waals surface area (Å²) in [6.07, 6.45) is 1.47. The smallest absolute Gasteiger partial charge is 0.271 e. The molecule has 2 N–H and O–H groups in total. The minimum Gasteiger partial charge on any atom is -0.493 e. The van der Waals surface area contributed by atoms with Crippen molar-refractivity contribution in [3.8, 4) is 11.5 Å². The molecule has 0 bridgehead atoms. The second-order valence-electron chi connectivity index (χ2n) is 6.75. The summed E-state index contributed by atoms with van der Waals surface area (Å²) in [6, 6.07) is 17.9. The number of halogens is 1. The number of amides is 2. The van der Waals surface area contributed by atoms with Crippen molar-refractivity contribution < 1.29 is 23.5 Å². The first-order valence-electron chi connectivity index (χ1n) is 9.71. The van der Waals surface area contributed by atoms with Gasteiger partial charge in [0.2, 0.25) is 5.91 Å². The van der Waals surface area contributed by atoms with Crippen LogP contribution in [0.15, 0.2) is 71.8 Å². The maximum absolute atomic E-state index is 13.8. The fourth-order valence-electron chi connectivity index (χ4n) is 2.79. The van der Waals surface area contributed by atoms with Gasteiger partial charge in [-0.25, -0.2) is 9.82 Å². The zero-order valence-electron chi connectivity index (χ0n) is 17.6. The first-order chi connectivity index (χ1) is 15.5. The van der Waals surface area contributed by atoms with Gasteiger partial charge in [0.25, 0.3) is 5.91 Å². The topological polar surface area (TPSA) is 89.0 Å². The Morgan fingerprint density at radius 2 is 1.78 bits per heavy atom. The van der Waals surface area contributed by atoms with Gasteiger partial charge < -0.3 is 14.8 Å². The Balaban J connectivity index is 1.60. The van der Waals surface area contributed by atoms with Crippen molar-refractivity contribution in [2.45, 2.75) is 13.5 Å². The monoisotopic (exact) mass is 435 g/mol. The molecule has 7 nitrogen and oxygen atoms in total. The van der Waals surface area contributed by atoms with E-state index in [0.29, 0.717) is 33.9 Å². The van der Waals surface area contributed by atoms with Crippen molar-refractivity contribution in [1.29, 1.82) is 0 Å². The highest BCUT2D eigenvalue weighted by Gasteiger charge is 2.08. The molecular weight excluding hydrogens is 413 g/mol. The summed E-state index contributed by atoms with van der Waals surface area (Å²) in [4.78, 5) is 23.3. The van der Waals surface area contributed by atoms with E-state index in [-0.39, 0.29) is 18.3 Å². The van der Waals surface area contributed by atoms with Gasteiger partial charge in [0.05, 0.1) is 13.3 Å². The summed E-state index contributed by atoms with van der Waals surface area (Å²) in [5.41, 5.74) is 4.54. The molecule has 0 aromatic heterocycles. The Morgan fingerprint density at radius 3 is 2.47 bits per heavy atom. The molecule has 0 aliphatic rings. The van der Waals surface area contributed by atoms with Gasteiger partial charge in [0, 0.05) is 23.7 Å². The van der Waals surface area contributed by atoms with Crippen molar-refractivity contribution in [2.75, 3.05) is 12.4 Å². The quantitative estimate of drug-likeness (QED) is 0.411. The maximum atomic E-state index is 13.8. The van der Waals surface area contributed by atoms with Gasteiger partial charge in [-0.3, -0.25) is 9.59 Å². The van der Waals surface area contributed by atoms with E-state index in [0.717, 1.165) is 0 Å². The van der Waals surface area contributed by atoms with E-state index >= 15 is 0 Å². The molecule has 3 aromatic carbocycles. The van der Waals surface area contributed by atoms with Crippen molar-refractivity contribution in [3.05, 3.63) is 89.2 Å². The fourth-order valence-corrected chi connectivity index (χ4v) is 2.79. The molecule has 0 aliphatic carbocycles. The molecule has 8 heteroatoms. The molecule has 3 aromatic rings. The SMILES string of the molecule is COc1cc(/C=N\NC(=O)c2ccc(NC(C)=O)cc2)ccc1OCc1ccccc1F. The third-order valence-electron chi connectivity index (χ3n) is 4.38. The molecule has 0 heterocycles. The first kappa shape index (κ1) is 22.5. The second kappa shape index (κ2) is 10.7. The number of rotatable bonds is 8. The maximum Gasteiger partial charge on any atom is 0.271 e. The molecule has 3 rings (SSSR count). The van der Waals surface area contributed by atoms with Crippen LogP contribution in [0.5, 0.6) is 11.5 Å². The van der Waals surface area contributed by atoms with E-state index < -0.39 is 5.91 Å². The number of hydrazone groups is 1. The molecule has 32 heavy (non-hydrogen) atoms. The summed E-state index contributed by atoms with van der Waals surface area (Å²) >= 11 is 0. The van der Waals surface area contributed by atoms with Crippen LogP contribution in [0.2, 0.25) is 0 Å². The zero-order valence-corrected chi connectivity index (χ0v) is 17.6. The van der Waals surface area contributed by atoms with Crippen molar-refractivity contribution in [3.63, 3.8) is 0 Å². The molecule has 0 saturated carbocycles. The van der Waals surface area contributed by atoms with Crippen LogP contribution < -0.4 is 20.2 Å². The Bertz CT molecular complexity index is 1130. The van der Waals surface area contributed by atoms with Crippen molar-refractivity contribution in [1.82, 2.24) is 5.43 Å². The number of hydrogen-bond donors (Lipinski definition) is 2. The van der Waals surface area contributed by atoms with Gasteiger partial charge in [0.15, 0.2) is 11.5 Å². The molecule has 2 amide bonds. The van der Waals surface area contributed by atoms with Gasteiger partial charge in [0.1, 0.15) is 12.4 Å². The highest BCUT2D eigenvalue weighted by Crippen LogP contribution is 2.28. The number of nitrogens with zero attached hydrogens (tertiary/aromatic N) is 1. The lowest BCUT2D eigenvalue weighted by Gasteiger charge is -2.11.